The second-order valence-corrected chi connectivity index (χ2v) is 5.97. The van der Waals surface area contributed by atoms with E-state index in [9.17, 15) is 0 Å². The molecule has 2 heteroatoms. The number of hydrogen-bond acceptors (Lipinski definition) is 2. The van der Waals surface area contributed by atoms with Crippen LogP contribution in [0.3, 0.4) is 0 Å². The van der Waals surface area contributed by atoms with Crippen LogP contribution in [0, 0.1) is 5.92 Å². The van der Waals surface area contributed by atoms with Gasteiger partial charge in [0, 0.05) is 6.54 Å². The Morgan fingerprint density at radius 3 is 2.53 bits per heavy atom. The van der Waals surface area contributed by atoms with Crippen LogP contribution in [0.5, 0.6) is 0 Å². The summed E-state index contributed by atoms with van der Waals surface area (Å²) in [4.78, 5) is 0. The van der Waals surface area contributed by atoms with E-state index in [4.69, 9.17) is 0 Å². The van der Waals surface area contributed by atoms with Crippen LogP contribution in [0.4, 0.5) is 0 Å². The van der Waals surface area contributed by atoms with Crippen LogP contribution < -0.4 is 5.43 Å². The van der Waals surface area contributed by atoms with Crippen molar-refractivity contribution in [2.24, 2.45) is 5.92 Å². The minimum atomic E-state index is 0.189. The van der Waals surface area contributed by atoms with E-state index in [0.717, 1.165) is 5.92 Å². The van der Waals surface area contributed by atoms with Crippen molar-refractivity contribution in [3.63, 3.8) is 0 Å². The van der Waals surface area contributed by atoms with Crippen molar-refractivity contribution in [2.75, 3.05) is 13.6 Å². The normalized spacial score (nSPS) is 32.6. The summed E-state index contributed by atoms with van der Waals surface area (Å²) in [6.45, 7) is 8.04. The molecule has 1 unspecified atom stereocenters. The highest BCUT2D eigenvalue weighted by atomic mass is 15.5. The topological polar surface area (TPSA) is 15.3 Å². The minimum absolute atomic E-state index is 0.189. The van der Waals surface area contributed by atoms with Crippen molar-refractivity contribution in [3.8, 4) is 0 Å². The predicted octanol–water partition coefficient (Wildman–Crippen LogP) is 3.50. The maximum Gasteiger partial charge on any atom is 0.0534 e. The van der Waals surface area contributed by atoms with Crippen LogP contribution in [0.25, 0.3) is 0 Å². The van der Waals surface area contributed by atoms with Crippen LogP contribution in [0.15, 0.2) is 12.2 Å². The Morgan fingerprint density at radius 1 is 1.18 bits per heavy atom. The van der Waals surface area contributed by atoms with Crippen LogP contribution in [0.1, 0.15) is 58.3 Å². The van der Waals surface area contributed by atoms with E-state index in [-0.39, 0.29) is 5.54 Å². The first kappa shape index (κ1) is 13.1. The first-order valence-corrected chi connectivity index (χ1v) is 7.33. The molecule has 0 aromatic rings. The van der Waals surface area contributed by atoms with E-state index in [2.05, 4.69) is 31.0 Å². The molecular weight excluding hydrogens is 208 g/mol. The van der Waals surface area contributed by atoms with Crippen LogP contribution in [-0.4, -0.2) is 24.1 Å². The van der Waals surface area contributed by atoms with Gasteiger partial charge in [-0.2, -0.15) is 0 Å². The Bertz CT molecular complexity index is 268. The Hall–Kier alpha value is -0.340. The first-order chi connectivity index (χ1) is 8.18. The van der Waals surface area contributed by atoms with Crippen LogP contribution >= 0.6 is 0 Å². The molecule has 1 N–H and O–H groups in total. The predicted molar refractivity (Wildman–Crippen MR) is 73.7 cm³/mol. The Kier molecular flexibility index (Phi) is 4.26. The number of nitrogens with one attached hydrogen (secondary N) is 1. The summed E-state index contributed by atoms with van der Waals surface area (Å²) in [7, 11) is 2.05. The Labute approximate surface area is 106 Å². The number of rotatable bonds is 3. The highest BCUT2D eigenvalue weighted by molar-refractivity contribution is 5.20. The molecule has 0 spiro atoms. The number of hydrogen-bond donors (Lipinski definition) is 1. The van der Waals surface area contributed by atoms with Crippen molar-refractivity contribution in [1.82, 2.24) is 10.4 Å². The van der Waals surface area contributed by atoms with E-state index in [0.29, 0.717) is 0 Å². The lowest BCUT2D eigenvalue weighted by Gasteiger charge is -2.48. The number of piperidine rings is 1. The maximum atomic E-state index is 4.49. The van der Waals surface area contributed by atoms with E-state index >= 15 is 0 Å². The molecule has 2 rings (SSSR count). The SMILES string of the molecule is C=C(C1CCCCC1)C1(C)CCCCN1NC. The minimum Gasteiger partial charge on any atom is -0.257 e. The maximum absolute atomic E-state index is 4.49. The van der Waals surface area contributed by atoms with E-state index in [1.807, 2.05) is 0 Å². The third-order valence-corrected chi connectivity index (χ3v) is 4.95. The van der Waals surface area contributed by atoms with Gasteiger partial charge in [0.15, 0.2) is 0 Å². The average molecular weight is 236 g/mol. The van der Waals surface area contributed by atoms with Crippen molar-refractivity contribution in [3.05, 3.63) is 12.2 Å². The number of nitrogens with zero attached hydrogens (tertiary/aromatic N) is 1. The van der Waals surface area contributed by atoms with Gasteiger partial charge >= 0.3 is 0 Å². The molecule has 0 aromatic carbocycles. The molecule has 1 aliphatic carbocycles. The molecule has 2 fully saturated rings. The third kappa shape index (κ3) is 2.58. The van der Waals surface area contributed by atoms with Gasteiger partial charge in [-0.15, -0.1) is 0 Å². The summed E-state index contributed by atoms with van der Waals surface area (Å²) < 4.78 is 0. The zero-order chi connectivity index (χ0) is 12.3. The average Bonchev–Trinajstić information content (AvgIpc) is 2.39. The van der Waals surface area contributed by atoms with Gasteiger partial charge in [0.2, 0.25) is 0 Å². The van der Waals surface area contributed by atoms with Crippen molar-refractivity contribution >= 4 is 0 Å². The molecule has 1 aliphatic heterocycles. The molecule has 1 atom stereocenters. The fourth-order valence-corrected chi connectivity index (χ4v) is 3.70. The quantitative estimate of drug-likeness (QED) is 0.754. The van der Waals surface area contributed by atoms with Crippen LogP contribution in [0.2, 0.25) is 0 Å². The zero-order valence-electron chi connectivity index (χ0n) is 11.6. The van der Waals surface area contributed by atoms with E-state index in [1.165, 1.54) is 63.5 Å². The second kappa shape index (κ2) is 5.53. The summed E-state index contributed by atoms with van der Waals surface area (Å²) in [6.07, 6.45) is 10.9. The van der Waals surface area contributed by atoms with Crippen LogP contribution in [-0.2, 0) is 0 Å². The second-order valence-electron chi connectivity index (χ2n) is 5.97. The molecule has 0 bridgehead atoms. The summed E-state index contributed by atoms with van der Waals surface area (Å²) in [5, 5.41) is 2.42. The van der Waals surface area contributed by atoms with Gasteiger partial charge in [0.05, 0.1) is 5.54 Å². The van der Waals surface area contributed by atoms with Gasteiger partial charge in [0.25, 0.3) is 0 Å². The Balaban J connectivity index is 2.08. The fourth-order valence-electron chi connectivity index (χ4n) is 3.70. The lowest BCUT2D eigenvalue weighted by Crippen LogP contribution is -2.57. The molecule has 1 heterocycles. The molecule has 0 aromatic heterocycles. The standard InChI is InChI=1S/C15H28N2/c1-13(14-9-5-4-6-10-14)15(2)11-7-8-12-17(15)16-3/h14,16H,1,4-12H2,2-3H3. The van der Waals surface area contributed by atoms with Gasteiger partial charge in [-0.3, -0.25) is 5.43 Å². The third-order valence-electron chi connectivity index (χ3n) is 4.95. The summed E-state index contributed by atoms with van der Waals surface area (Å²) in [5.74, 6) is 0.766. The van der Waals surface area contributed by atoms with Crippen molar-refractivity contribution in [1.29, 1.82) is 0 Å². The summed E-state index contributed by atoms with van der Waals surface area (Å²) in [6, 6.07) is 0. The molecule has 0 radical (unpaired) electrons. The van der Waals surface area contributed by atoms with Gasteiger partial charge < -0.3 is 0 Å². The Morgan fingerprint density at radius 2 is 1.88 bits per heavy atom. The zero-order valence-corrected chi connectivity index (χ0v) is 11.6. The molecular formula is C15H28N2. The smallest absolute Gasteiger partial charge is 0.0534 e. The molecule has 1 saturated heterocycles. The van der Waals surface area contributed by atoms with E-state index in [1.54, 1.807) is 0 Å². The fraction of sp³-hybridized carbons (Fsp3) is 0.867. The molecule has 98 valence electrons. The largest absolute Gasteiger partial charge is 0.257 e. The molecule has 0 amide bonds. The monoisotopic (exact) mass is 236 g/mol. The van der Waals surface area contributed by atoms with Gasteiger partial charge in [-0.05, 0) is 52.0 Å². The van der Waals surface area contributed by atoms with Gasteiger partial charge in [-0.1, -0.05) is 31.4 Å². The van der Waals surface area contributed by atoms with Crippen molar-refractivity contribution in [2.45, 2.75) is 63.8 Å². The lowest BCUT2D eigenvalue weighted by molar-refractivity contribution is 0.0380. The summed E-state index contributed by atoms with van der Waals surface area (Å²) in [5.41, 5.74) is 5.07. The highest BCUT2D eigenvalue weighted by Crippen LogP contribution is 2.40. The molecule has 17 heavy (non-hydrogen) atoms. The van der Waals surface area contributed by atoms with Gasteiger partial charge in [-0.25, -0.2) is 5.01 Å². The lowest BCUT2D eigenvalue weighted by atomic mass is 9.73. The van der Waals surface area contributed by atoms with E-state index < -0.39 is 0 Å². The summed E-state index contributed by atoms with van der Waals surface area (Å²) >= 11 is 0. The van der Waals surface area contributed by atoms with Gasteiger partial charge in [0.1, 0.15) is 0 Å². The molecule has 2 nitrogen and oxygen atoms in total. The highest BCUT2D eigenvalue weighted by Gasteiger charge is 2.39. The molecule has 1 saturated carbocycles. The first-order valence-electron chi connectivity index (χ1n) is 7.33. The van der Waals surface area contributed by atoms with Crippen molar-refractivity contribution < 1.29 is 0 Å². The number of hydrazine groups is 1. The molecule has 2 aliphatic rings.